The molecule has 0 radical (unpaired) electrons. The maximum absolute atomic E-state index is 5.37. The molecule has 3 rings (SSSR count). The van der Waals surface area contributed by atoms with Gasteiger partial charge in [0.05, 0.1) is 12.7 Å². The Morgan fingerprint density at radius 2 is 2.12 bits per heavy atom. The van der Waals surface area contributed by atoms with Crippen LogP contribution in [-0.4, -0.2) is 16.7 Å². The molecule has 2 aromatic rings. The summed E-state index contributed by atoms with van der Waals surface area (Å²) in [5.74, 6) is 1.90. The molecule has 0 aliphatic heterocycles. The van der Waals surface area contributed by atoms with E-state index in [1.54, 1.807) is 7.11 Å². The minimum atomic E-state index is 0.641. The molecule has 0 bridgehead atoms. The SMILES string of the molecule is COc1ccccc1-c1nccn1C1CC1. The molecule has 3 heteroatoms. The van der Waals surface area contributed by atoms with Gasteiger partial charge in [-0.05, 0) is 25.0 Å². The maximum Gasteiger partial charge on any atom is 0.143 e. The Labute approximate surface area is 94.7 Å². The van der Waals surface area contributed by atoms with Gasteiger partial charge in [-0.2, -0.15) is 0 Å². The first kappa shape index (κ1) is 9.46. The molecular weight excluding hydrogens is 200 g/mol. The lowest BCUT2D eigenvalue weighted by atomic mass is 10.2. The Kier molecular flexibility index (Phi) is 2.17. The van der Waals surface area contributed by atoms with Crippen LogP contribution < -0.4 is 4.74 Å². The number of ether oxygens (including phenoxy) is 1. The average Bonchev–Trinajstić information content (AvgIpc) is 3.07. The van der Waals surface area contributed by atoms with Gasteiger partial charge in [0, 0.05) is 18.4 Å². The van der Waals surface area contributed by atoms with Crippen LogP contribution in [0.1, 0.15) is 18.9 Å². The lowest BCUT2D eigenvalue weighted by molar-refractivity contribution is 0.416. The van der Waals surface area contributed by atoms with Crippen LogP contribution >= 0.6 is 0 Å². The smallest absolute Gasteiger partial charge is 0.143 e. The van der Waals surface area contributed by atoms with Crippen molar-refractivity contribution in [2.45, 2.75) is 18.9 Å². The molecule has 1 aliphatic carbocycles. The number of imidazole rings is 1. The van der Waals surface area contributed by atoms with Crippen LogP contribution in [0.5, 0.6) is 5.75 Å². The van der Waals surface area contributed by atoms with Crippen molar-refractivity contribution in [3.8, 4) is 17.1 Å². The third-order valence-electron chi connectivity index (χ3n) is 2.96. The molecule has 1 aliphatic rings. The molecule has 0 spiro atoms. The fraction of sp³-hybridized carbons (Fsp3) is 0.308. The van der Waals surface area contributed by atoms with Gasteiger partial charge in [-0.25, -0.2) is 4.98 Å². The first-order valence-electron chi connectivity index (χ1n) is 5.56. The molecule has 3 nitrogen and oxygen atoms in total. The van der Waals surface area contributed by atoms with Gasteiger partial charge in [0.15, 0.2) is 0 Å². The van der Waals surface area contributed by atoms with Gasteiger partial charge < -0.3 is 9.30 Å². The summed E-state index contributed by atoms with van der Waals surface area (Å²) >= 11 is 0. The molecule has 1 aromatic carbocycles. The largest absolute Gasteiger partial charge is 0.496 e. The first-order chi connectivity index (χ1) is 7.90. The number of nitrogens with zero attached hydrogens (tertiary/aromatic N) is 2. The second-order valence-corrected chi connectivity index (χ2v) is 4.09. The highest BCUT2D eigenvalue weighted by atomic mass is 16.5. The monoisotopic (exact) mass is 214 g/mol. The van der Waals surface area contributed by atoms with Crippen LogP contribution in [0, 0.1) is 0 Å². The molecule has 1 aromatic heterocycles. The van der Waals surface area contributed by atoms with Gasteiger partial charge in [0.1, 0.15) is 11.6 Å². The van der Waals surface area contributed by atoms with Crippen LogP contribution in [0.15, 0.2) is 36.7 Å². The normalized spacial score (nSPS) is 15.1. The molecule has 0 unspecified atom stereocenters. The Balaban J connectivity index is 2.10. The minimum Gasteiger partial charge on any atom is -0.496 e. The van der Waals surface area contributed by atoms with E-state index in [9.17, 15) is 0 Å². The van der Waals surface area contributed by atoms with E-state index in [-0.39, 0.29) is 0 Å². The summed E-state index contributed by atoms with van der Waals surface area (Å²) in [6.07, 6.45) is 6.44. The van der Waals surface area contributed by atoms with Crippen LogP contribution in [0.3, 0.4) is 0 Å². The van der Waals surface area contributed by atoms with Gasteiger partial charge >= 0.3 is 0 Å². The number of rotatable bonds is 3. The van der Waals surface area contributed by atoms with E-state index in [0.29, 0.717) is 6.04 Å². The summed E-state index contributed by atoms with van der Waals surface area (Å²) in [6.45, 7) is 0. The molecule has 1 saturated carbocycles. The summed E-state index contributed by atoms with van der Waals surface area (Å²) in [4.78, 5) is 4.44. The van der Waals surface area contributed by atoms with Crippen LogP contribution in [0.2, 0.25) is 0 Å². The second kappa shape index (κ2) is 3.67. The Morgan fingerprint density at radius 3 is 2.88 bits per heavy atom. The number of hydrogen-bond acceptors (Lipinski definition) is 2. The van der Waals surface area contributed by atoms with Crippen molar-refractivity contribution >= 4 is 0 Å². The van der Waals surface area contributed by atoms with Crippen molar-refractivity contribution in [3.05, 3.63) is 36.7 Å². The number of aromatic nitrogens is 2. The quantitative estimate of drug-likeness (QED) is 0.785. The van der Waals surface area contributed by atoms with Gasteiger partial charge in [0.2, 0.25) is 0 Å². The minimum absolute atomic E-state index is 0.641. The predicted molar refractivity (Wildman–Crippen MR) is 62.5 cm³/mol. The standard InChI is InChI=1S/C13H14N2O/c1-16-12-5-3-2-4-11(12)13-14-8-9-15(13)10-6-7-10/h2-5,8-10H,6-7H2,1H3. The lowest BCUT2D eigenvalue weighted by Gasteiger charge is -2.09. The topological polar surface area (TPSA) is 27.1 Å². The molecule has 16 heavy (non-hydrogen) atoms. The van der Waals surface area contributed by atoms with Gasteiger partial charge in [-0.3, -0.25) is 0 Å². The molecular formula is C13H14N2O. The summed E-state index contributed by atoms with van der Waals surface area (Å²) in [5.41, 5.74) is 1.07. The molecule has 1 heterocycles. The molecule has 82 valence electrons. The summed E-state index contributed by atoms with van der Waals surface area (Å²) in [7, 11) is 1.70. The number of para-hydroxylation sites is 1. The highest BCUT2D eigenvalue weighted by Crippen LogP contribution is 2.39. The summed E-state index contributed by atoms with van der Waals surface area (Å²) < 4.78 is 7.62. The van der Waals surface area contributed by atoms with Crippen LogP contribution in [0.25, 0.3) is 11.4 Å². The van der Waals surface area contributed by atoms with Crippen molar-refractivity contribution in [1.29, 1.82) is 0 Å². The third kappa shape index (κ3) is 1.48. The predicted octanol–water partition coefficient (Wildman–Crippen LogP) is 2.89. The Morgan fingerprint density at radius 1 is 1.31 bits per heavy atom. The van der Waals surface area contributed by atoms with E-state index in [0.717, 1.165) is 17.1 Å². The Bertz CT molecular complexity index is 500. The van der Waals surface area contributed by atoms with E-state index in [1.165, 1.54) is 12.8 Å². The van der Waals surface area contributed by atoms with Gasteiger partial charge in [-0.15, -0.1) is 0 Å². The van der Waals surface area contributed by atoms with E-state index >= 15 is 0 Å². The van der Waals surface area contributed by atoms with E-state index in [4.69, 9.17) is 4.74 Å². The highest BCUT2D eigenvalue weighted by Gasteiger charge is 2.26. The summed E-state index contributed by atoms with van der Waals surface area (Å²) in [6, 6.07) is 8.67. The summed E-state index contributed by atoms with van der Waals surface area (Å²) in [5, 5.41) is 0. The number of methoxy groups -OCH3 is 1. The van der Waals surface area contributed by atoms with E-state index < -0.39 is 0 Å². The van der Waals surface area contributed by atoms with Crippen molar-refractivity contribution < 1.29 is 4.74 Å². The maximum atomic E-state index is 5.37. The zero-order valence-electron chi connectivity index (χ0n) is 9.26. The molecule has 0 amide bonds. The lowest BCUT2D eigenvalue weighted by Crippen LogP contribution is -1.97. The number of hydrogen-bond donors (Lipinski definition) is 0. The zero-order chi connectivity index (χ0) is 11.0. The van der Waals surface area contributed by atoms with Gasteiger partial charge in [-0.1, -0.05) is 12.1 Å². The van der Waals surface area contributed by atoms with Crippen molar-refractivity contribution in [2.75, 3.05) is 7.11 Å². The highest BCUT2D eigenvalue weighted by molar-refractivity contribution is 5.64. The Hall–Kier alpha value is -1.77. The molecule has 0 atom stereocenters. The average molecular weight is 214 g/mol. The van der Waals surface area contributed by atoms with Gasteiger partial charge in [0.25, 0.3) is 0 Å². The zero-order valence-corrected chi connectivity index (χ0v) is 9.26. The van der Waals surface area contributed by atoms with Crippen LogP contribution in [-0.2, 0) is 0 Å². The van der Waals surface area contributed by atoms with E-state index in [2.05, 4.69) is 21.8 Å². The fourth-order valence-electron chi connectivity index (χ4n) is 2.00. The fourth-order valence-corrected chi connectivity index (χ4v) is 2.00. The number of benzene rings is 1. The molecule has 0 N–H and O–H groups in total. The second-order valence-electron chi connectivity index (χ2n) is 4.09. The van der Waals surface area contributed by atoms with E-state index in [1.807, 2.05) is 24.4 Å². The van der Waals surface area contributed by atoms with Crippen molar-refractivity contribution in [2.24, 2.45) is 0 Å². The first-order valence-corrected chi connectivity index (χ1v) is 5.56. The molecule has 1 fully saturated rings. The van der Waals surface area contributed by atoms with Crippen molar-refractivity contribution in [1.82, 2.24) is 9.55 Å². The molecule has 0 saturated heterocycles. The van der Waals surface area contributed by atoms with Crippen LogP contribution in [0.4, 0.5) is 0 Å². The third-order valence-corrected chi connectivity index (χ3v) is 2.96. The van der Waals surface area contributed by atoms with Crippen molar-refractivity contribution in [3.63, 3.8) is 0 Å².